The summed E-state index contributed by atoms with van der Waals surface area (Å²) in [4.78, 5) is 25.6. The van der Waals surface area contributed by atoms with Crippen molar-refractivity contribution in [2.24, 2.45) is 0 Å². The molecule has 2 N–H and O–H groups in total. The Labute approximate surface area is 138 Å². The molecule has 23 heavy (non-hydrogen) atoms. The molecule has 1 aliphatic heterocycles. The summed E-state index contributed by atoms with van der Waals surface area (Å²) in [6.45, 7) is -0.00403. The van der Waals surface area contributed by atoms with Gasteiger partial charge in [0, 0.05) is 5.69 Å². The number of carbonyl (C=O) groups excluding carboxylic acids is 2. The number of hydrogen-bond acceptors (Lipinski definition) is 3. The summed E-state index contributed by atoms with van der Waals surface area (Å²) in [5.41, 5.74) is 3.92. The van der Waals surface area contributed by atoms with Crippen molar-refractivity contribution < 1.29 is 9.59 Å². The Morgan fingerprint density at radius 2 is 1.61 bits per heavy atom. The van der Waals surface area contributed by atoms with Crippen molar-refractivity contribution in [3.8, 4) is 0 Å². The van der Waals surface area contributed by atoms with Gasteiger partial charge in [-0.25, -0.2) is 15.2 Å². The normalized spacial score (nSPS) is 14.1. The first-order valence-electron chi connectivity index (χ1n) is 6.97. The molecule has 2 aromatic carbocycles. The summed E-state index contributed by atoms with van der Waals surface area (Å²) in [5, 5.41) is 4.27. The number of urea groups is 1. The zero-order valence-corrected chi connectivity index (χ0v) is 12.9. The average molecular weight is 326 g/mol. The van der Waals surface area contributed by atoms with Crippen LogP contribution in [0.1, 0.15) is 0 Å². The van der Waals surface area contributed by atoms with Gasteiger partial charge in [-0.3, -0.25) is 9.69 Å². The van der Waals surface area contributed by atoms with Crippen LogP contribution in [-0.2, 0) is 4.79 Å². The van der Waals surface area contributed by atoms with Crippen LogP contribution in [0.2, 0.25) is 0 Å². The van der Waals surface area contributed by atoms with Crippen LogP contribution in [-0.4, -0.2) is 28.6 Å². The standard InChI is InChI=1S/C16H14N4O2S/c21-14-11-19(16(23)20(14)13-9-5-2-6-10-13)18-15(22)17-12-7-3-1-4-8-12/h1-10H,11H2,(H2,17,18,22). The molecule has 0 aliphatic carbocycles. The first kappa shape index (κ1) is 15.0. The highest BCUT2D eigenvalue weighted by atomic mass is 32.1. The minimum Gasteiger partial charge on any atom is -0.307 e. The molecule has 3 amide bonds. The van der Waals surface area contributed by atoms with Gasteiger partial charge in [0.25, 0.3) is 5.91 Å². The molecule has 0 bridgehead atoms. The molecular formula is C16H14N4O2S. The zero-order valence-electron chi connectivity index (χ0n) is 12.1. The van der Waals surface area contributed by atoms with Gasteiger partial charge in [-0.2, -0.15) is 0 Å². The van der Waals surface area contributed by atoms with Crippen LogP contribution >= 0.6 is 12.2 Å². The van der Waals surface area contributed by atoms with Crippen LogP contribution in [0.4, 0.5) is 16.2 Å². The number of hydrazine groups is 1. The van der Waals surface area contributed by atoms with Gasteiger partial charge in [-0.1, -0.05) is 36.4 Å². The van der Waals surface area contributed by atoms with E-state index in [0.717, 1.165) is 0 Å². The van der Waals surface area contributed by atoms with Gasteiger partial charge in [-0.05, 0) is 36.5 Å². The number of carbonyl (C=O) groups is 2. The lowest BCUT2D eigenvalue weighted by molar-refractivity contribution is -0.116. The molecule has 0 aromatic heterocycles. The van der Waals surface area contributed by atoms with E-state index in [-0.39, 0.29) is 17.6 Å². The van der Waals surface area contributed by atoms with Crippen molar-refractivity contribution >= 4 is 40.6 Å². The van der Waals surface area contributed by atoms with Crippen LogP contribution in [0.3, 0.4) is 0 Å². The Balaban J connectivity index is 1.67. The fourth-order valence-electron chi connectivity index (χ4n) is 2.22. The van der Waals surface area contributed by atoms with Gasteiger partial charge in [0.15, 0.2) is 0 Å². The number of amides is 3. The molecule has 1 heterocycles. The number of rotatable bonds is 3. The van der Waals surface area contributed by atoms with Crippen LogP contribution in [0.5, 0.6) is 0 Å². The Morgan fingerprint density at radius 3 is 2.26 bits per heavy atom. The maximum absolute atomic E-state index is 12.2. The number of nitrogens with one attached hydrogen (secondary N) is 2. The number of anilines is 2. The lowest BCUT2D eigenvalue weighted by Gasteiger charge is -2.21. The summed E-state index contributed by atoms with van der Waals surface area (Å²) in [6, 6.07) is 17.6. The lowest BCUT2D eigenvalue weighted by atomic mass is 10.3. The number of para-hydroxylation sites is 2. The quantitative estimate of drug-likeness (QED) is 0.850. The molecule has 2 aromatic rings. The lowest BCUT2D eigenvalue weighted by Crippen LogP contribution is -2.46. The average Bonchev–Trinajstić information content (AvgIpc) is 2.83. The van der Waals surface area contributed by atoms with Gasteiger partial charge in [-0.15, -0.1) is 0 Å². The molecule has 116 valence electrons. The minimum atomic E-state index is -0.457. The minimum absolute atomic E-state index is 0.00403. The van der Waals surface area contributed by atoms with E-state index in [4.69, 9.17) is 12.2 Å². The van der Waals surface area contributed by atoms with Crippen molar-refractivity contribution in [2.75, 3.05) is 16.8 Å². The van der Waals surface area contributed by atoms with E-state index in [2.05, 4.69) is 10.7 Å². The summed E-state index contributed by atoms with van der Waals surface area (Å²) < 4.78 is 0. The summed E-state index contributed by atoms with van der Waals surface area (Å²) in [5.74, 6) is -0.193. The molecule has 0 atom stereocenters. The van der Waals surface area contributed by atoms with E-state index < -0.39 is 6.03 Å². The molecule has 6 nitrogen and oxygen atoms in total. The highest BCUT2D eigenvalue weighted by Gasteiger charge is 2.34. The fourth-order valence-corrected chi connectivity index (χ4v) is 2.54. The maximum atomic E-state index is 12.2. The molecule has 1 fully saturated rings. The van der Waals surface area contributed by atoms with E-state index in [0.29, 0.717) is 11.4 Å². The highest BCUT2D eigenvalue weighted by molar-refractivity contribution is 7.80. The van der Waals surface area contributed by atoms with Gasteiger partial charge in [0.05, 0.1) is 5.69 Å². The first-order valence-corrected chi connectivity index (χ1v) is 7.38. The maximum Gasteiger partial charge on any atom is 0.338 e. The second-order valence-electron chi connectivity index (χ2n) is 4.87. The Bertz CT molecular complexity index is 736. The van der Waals surface area contributed by atoms with Crippen molar-refractivity contribution in [3.63, 3.8) is 0 Å². The highest BCUT2D eigenvalue weighted by Crippen LogP contribution is 2.20. The summed E-state index contributed by atoms with van der Waals surface area (Å²) >= 11 is 5.29. The number of nitrogens with zero attached hydrogens (tertiary/aromatic N) is 2. The van der Waals surface area contributed by atoms with Crippen LogP contribution in [0.15, 0.2) is 60.7 Å². The molecule has 1 aliphatic rings. The van der Waals surface area contributed by atoms with Gasteiger partial charge >= 0.3 is 6.03 Å². The fraction of sp³-hybridized carbons (Fsp3) is 0.0625. The molecule has 0 saturated carbocycles. The third-order valence-corrected chi connectivity index (χ3v) is 3.65. The molecule has 0 spiro atoms. The van der Waals surface area contributed by atoms with Crippen molar-refractivity contribution in [1.82, 2.24) is 10.4 Å². The number of hydrogen-bond donors (Lipinski definition) is 2. The SMILES string of the molecule is O=C(Nc1ccccc1)NN1CC(=O)N(c2ccccc2)C1=S. The second kappa shape index (κ2) is 6.45. The topological polar surface area (TPSA) is 64.7 Å². The smallest absolute Gasteiger partial charge is 0.307 e. The van der Waals surface area contributed by atoms with Crippen molar-refractivity contribution in [2.45, 2.75) is 0 Å². The largest absolute Gasteiger partial charge is 0.338 e. The van der Waals surface area contributed by atoms with E-state index in [1.54, 1.807) is 24.3 Å². The molecule has 3 rings (SSSR count). The van der Waals surface area contributed by atoms with E-state index in [1.165, 1.54) is 9.91 Å². The molecular weight excluding hydrogens is 312 g/mol. The van der Waals surface area contributed by atoms with Crippen LogP contribution in [0.25, 0.3) is 0 Å². The summed E-state index contributed by atoms with van der Waals surface area (Å²) in [6.07, 6.45) is 0. The monoisotopic (exact) mass is 326 g/mol. The Hall–Kier alpha value is -2.93. The van der Waals surface area contributed by atoms with Gasteiger partial charge in [0.1, 0.15) is 6.54 Å². The van der Waals surface area contributed by atoms with E-state index in [1.807, 2.05) is 36.4 Å². The van der Waals surface area contributed by atoms with Gasteiger partial charge in [0.2, 0.25) is 5.11 Å². The van der Waals surface area contributed by atoms with Gasteiger partial charge < -0.3 is 5.32 Å². The van der Waals surface area contributed by atoms with E-state index >= 15 is 0 Å². The molecule has 0 radical (unpaired) electrons. The molecule has 1 saturated heterocycles. The zero-order chi connectivity index (χ0) is 16.2. The Morgan fingerprint density at radius 1 is 1.00 bits per heavy atom. The predicted octanol–water partition coefficient (Wildman–Crippen LogP) is 2.36. The summed E-state index contributed by atoms with van der Waals surface area (Å²) in [7, 11) is 0. The first-order chi connectivity index (χ1) is 11.1. The third kappa shape index (κ3) is 3.29. The molecule has 7 heteroatoms. The van der Waals surface area contributed by atoms with Crippen LogP contribution < -0.4 is 15.6 Å². The van der Waals surface area contributed by atoms with Crippen LogP contribution in [0, 0.1) is 0 Å². The molecule has 0 unspecified atom stereocenters. The number of thiocarbonyl (C=S) groups is 1. The Kier molecular flexibility index (Phi) is 4.20. The van der Waals surface area contributed by atoms with Crippen molar-refractivity contribution in [3.05, 3.63) is 60.7 Å². The number of benzene rings is 2. The third-order valence-electron chi connectivity index (χ3n) is 3.25. The van der Waals surface area contributed by atoms with Crippen molar-refractivity contribution in [1.29, 1.82) is 0 Å². The second-order valence-corrected chi connectivity index (χ2v) is 5.23. The predicted molar refractivity (Wildman–Crippen MR) is 91.8 cm³/mol. The van der Waals surface area contributed by atoms with E-state index in [9.17, 15) is 9.59 Å².